The van der Waals surface area contributed by atoms with Crippen LogP contribution in [0.15, 0.2) is 24.3 Å². The fourth-order valence-corrected chi connectivity index (χ4v) is 1.79. The van der Waals surface area contributed by atoms with Gasteiger partial charge in [0.05, 0.1) is 0 Å². The van der Waals surface area contributed by atoms with Gasteiger partial charge in [0.25, 0.3) is 5.91 Å². The third kappa shape index (κ3) is 6.24. The predicted molar refractivity (Wildman–Crippen MR) is 77.5 cm³/mol. The summed E-state index contributed by atoms with van der Waals surface area (Å²) in [7, 11) is -0.855. The molecule has 0 aliphatic heterocycles. The Morgan fingerprint density at radius 2 is 2.05 bits per heavy atom. The van der Waals surface area contributed by atoms with Gasteiger partial charge in [-0.05, 0) is 30.7 Å². The fraction of sp³-hybridized carbons (Fsp3) is 0.462. The number of anilines is 1. The SMILES string of the molecule is CC(CCNC(=O)COc1ccc(N)cc1)S(C)=O. The van der Waals surface area contributed by atoms with Crippen LogP contribution in [0.1, 0.15) is 13.3 Å². The first-order chi connectivity index (χ1) is 8.99. The van der Waals surface area contributed by atoms with Crippen molar-refractivity contribution in [1.82, 2.24) is 5.32 Å². The first-order valence-electron chi connectivity index (χ1n) is 6.06. The molecule has 1 aromatic rings. The lowest BCUT2D eigenvalue weighted by Crippen LogP contribution is -2.31. The standard InChI is InChI=1S/C13H20N2O3S/c1-10(19(2)17)7-8-15-13(16)9-18-12-5-3-11(14)4-6-12/h3-6,10H,7-9,14H2,1-2H3,(H,15,16). The van der Waals surface area contributed by atoms with Crippen LogP contribution in [-0.4, -0.2) is 34.8 Å². The summed E-state index contributed by atoms with van der Waals surface area (Å²) in [6, 6.07) is 6.85. The average molecular weight is 284 g/mol. The zero-order chi connectivity index (χ0) is 14.3. The van der Waals surface area contributed by atoms with Gasteiger partial charge in [0.2, 0.25) is 0 Å². The lowest BCUT2D eigenvalue weighted by Gasteiger charge is -2.10. The van der Waals surface area contributed by atoms with Crippen molar-refractivity contribution in [2.45, 2.75) is 18.6 Å². The Morgan fingerprint density at radius 3 is 2.63 bits per heavy atom. The van der Waals surface area contributed by atoms with Gasteiger partial charge in [-0.25, -0.2) is 0 Å². The van der Waals surface area contributed by atoms with Crippen molar-refractivity contribution in [2.75, 3.05) is 25.1 Å². The van der Waals surface area contributed by atoms with E-state index in [2.05, 4.69) is 5.32 Å². The molecule has 0 radical (unpaired) electrons. The summed E-state index contributed by atoms with van der Waals surface area (Å²) in [6.07, 6.45) is 2.35. The Labute approximate surface area is 116 Å². The van der Waals surface area contributed by atoms with Gasteiger partial charge in [0, 0.05) is 34.5 Å². The number of carbonyl (C=O) groups is 1. The van der Waals surface area contributed by atoms with E-state index in [1.54, 1.807) is 30.5 Å². The quantitative estimate of drug-likeness (QED) is 0.730. The van der Waals surface area contributed by atoms with Crippen LogP contribution in [0.2, 0.25) is 0 Å². The van der Waals surface area contributed by atoms with Crippen molar-refractivity contribution < 1.29 is 13.7 Å². The van der Waals surface area contributed by atoms with Gasteiger partial charge >= 0.3 is 0 Å². The van der Waals surface area contributed by atoms with Crippen LogP contribution < -0.4 is 15.8 Å². The van der Waals surface area contributed by atoms with E-state index >= 15 is 0 Å². The number of carbonyl (C=O) groups excluding carboxylic acids is 1. The largest absolute Gasteiger partial charge is 0.484 e. The molecule has 3 N–H and O–H groups in total. The number of amides is 1. The Kier molecular flexibility index (Phi) is 6.35. The zero-order valence-corrected chi connectivity index (χ0v) is 12.0. The van der Waals surface area contributed by atoms with Crippen LogP contribution in [0.5, 0.6) is 5.75 Å². The molecule has 0 aliphatic carbocycles. The molecule has 1 amide bonds. The second-order valence-electron chi connectivity index (χ2n) is 4.31. The highest BCUT2D eigenvalue weighted by Gasteiger charge is 2.07. The zero-order valence-electron chi connectivity index (χ0n) is 11.2. The molecule has 19 heavy (non-hydrogen) atoms. The monoisotopic (exact) mass is 284 g/mol. The molecule has 0 heterocycles. The molecule has 0 aliphatic rings. The van der Waals surface area contributed by atoms with Crippen LogP contribution in [-0.2, 0) is 15.6 Å². The Bertz CT molecular complexity index is 434. The van der Waals surface area contributed by atoms with Gasteiger partial charge in [-0.15, -0.1) is 0 Å². The minimum Gasteiger partial charge on any atom is -0.484 e. The predicted octanol–water partition coefficient (Wildman–Crippen LogP) is 0.921. The summed E-state index contributed by atoms with van der Waals surface area (Å²) in [6.45, 7) is 2.37. The molecule has 1 rings (SSSR count). The summed E-state index contributed by atoms with van der Waals surface area (Å²) < 4.78 is 16.4. The smallest absolute Gasteiger partial charge is 0.257 e. The highest BCUT2D eigenvalue weighted by atomic mass is 32.2. The van der Waals surface area contributed by atoms with Crippen molar-refractivity contribution >= 4 is 22.4 Å². The molecule has 0 bridgehead atoms. The third-order valence-electron chi connectivity index (χ3n) is 2.69. The molecule has 2 atom stereocenters. The van der Waals surface area contributed by atoms with E-state index in [4.69, 9.17) is 10.5 Å². The lowest BCUT2D eigenvalue weighted by molar-refractivity contribution is -0.123. The molecule has 6 heteroatoms. The molecule has 0 saturated heterocycles. The van der Waals surface area contributed by atoms with Crippen LogP contribution in [0.25, 0.3) is 0 Å². The highest BCUT2D eigenvalue weighted by molar-refractivity contribution is 7.84. The van der Waals surface area contributed by atoms with Crippen molar-refractivity contribution in [1.29, 1.82) is 0 Å². The van der Waals surface area contributed by atoms with Gasteiger partial charge in [-0.1, -0.05) is 6.92 Å². The lowest BCUT2D eigenvalue weighted by atomic mass is 10.3. The van der Waals surface area contributed by atoms with Crippen LogP contribution in [0.3, 0.4) is 0 Å². The molecule has 1 aromatic carbocycles. The number of benzene rings is 1. The maximum Gasteiger partial charge on any atom is 0.257 e. The molecule has 0 saturated carbocycles. The molecule has 106 valence electrons. The second-order valence-corrected chi connectivity index (χ2v) is 6.11. The highest BCUT2D eigenvalue weighted by Crippen LogP contribution is 2.12. The van der Waals surface area contributed by atoms with Crippen LogP contribution >= 0.6 is 0 Å². The number of ether oxygens (including phenoxy) is 1. The van der Waals surface area contributed by atoms with Crippen LogP contribution in [0, 0.1) is 0 Å². The van der Waals surface area contributed by atoms with Crippen molar-refractivity contribution in [3.8, 4) is 5.75 Å². The van der Waals surface area contributed by atoms with Crippen molar-refractivity contribution in [2.24, 2.45) is 0 Å². The number of hydrogen-bond acceptors (Lipinski definition) is 4. The minimum absolute atomic E-state index is 0.0342. The maximum atomic E-state index is 11.5. The molecule has 2 unspecified atom stereocenters. The number of rotatable bonds is 7. The van der Waals surface area contributed by atoms with E-state index in [0.717, 1.165) is 0 Å². The van der Waals surface area contributed by atoms with Gasteiger partial charge in [0.15, 0.2) is 6.61 Å². The number of nitrogens with one attached hydrogen (secondary N) is 1. The molecular formula is C13H20N2O3S. The summed E-state index contributed by atoms with van der Waals surface area (Å²) in [5, 5.41) is 2.81. The Balaban J connectivity index is 2.21. The number of hydrogen-bond donors (Lipinski definition) is 2. The fourth-order valence-electron chi connectivity index (χ4n) is 1.34. The van der Waals surface area contributed by atoms with Gasteiger partial charge in [-0.2, -0.15) is 0 Å². The number of nitrogen functional groups attached to an aromatic ring is 1. The molecule has 5 nitrogen and oxygen atoms in total. The van der Waals surface area contributed by atoms with Crippen molar-refractivity contribution in [3.63, 3.8) is 0 Å². The van der Waals surface area contributed by atoms with Gasteiger partial charge < -0.3 is 15.8 Å². The topological polar surface area (TPSA) is 81.4 Å². The molecule has 0 aromatic heterocycles. The van der Waals surface area contributed by atoms with Crippen LogP contribution in [0.4, 0.5) is 5.69 Å². The van der Waals surface area contributed by atoms with E-state index in [1.807, 2.05) is 6.92 Å². The van der Waals surface area contributed by atoms with E-state index in [-0.39, 0.29) is 17.8 Å². The second kappa shape index (κ2) is 7.78. The average Bonchev–Trinajstić information content (AvgIpc) is 2.37. The Morgan fingerprint density at radius 1 is 1.42 bits per heavy atom. The third-order valence-corrected chi connectivity index (χ3v) is 4.06. The van der Waals surface area contributed by atoms with Gasteiger partial charge in [0.1, 0.15) is 5.75 Å². The van der Waals surface area contributed by atoms with E-state index in [0.29, 0.717) is 24.4 Å². The van der Waals surface area contributed by atoms with Gasteiger partial charge in [-0.3, -0.25) is 9.00 Å². The summed E-state index contributed by atoms with van der Waals surface area (Å²) in [5.41, 5.74) is 6.19. The van der Waals surface area contributed by atoms with E-state index < -0.39 is 10.8 Å². The summed E-state index contributed by atoms with van der Waals surface area (Å²) >= 11 is 0. The molecular weight excluding hydrogens is 264 g/mol. The first-order valence-corrected chi connectivity index (χ1v) is 7.68. The normalized spacial score (nSPS) is 13.6. The van der Waals surface area contributed by atoms with E-state index in [1.165, 1.54) is 0 Å². The Hall–Kier alpha value is -1.56. The minimum atomic E-state index is -0.855. The first kappa shape index (κ1) is 15.5. The molecule has 0 fully saturated rings. The number of nitrogens with two attached hydrogens (primary N) is 1. The summed E-state index contributed by atoms with van der Waals surface area (Å²) in [5.74, 6) is 0.415. The van der Waals surface area contributed by atoms with Crippen molar-refractivity contribution in [3.05, 3.63) is 24.3 Å². The summed E-state index contributed by atoms with van der Waals surface area (Å²) in [4.78, 5) is 11.5. The molecule has 0 spiro atoms. The maximum absolute atomic E-state index is 11.5. The van der Waals surface area contributed by atoms with E-state index in [9.17, 15) is 9.00 Å².